The number of amides is 1. The molecule has 26 heavy (non-hydrogen) atoms. The molecular weight excluding hydrogens is 371 g/mol. The molecule has 2 N–H and O–H groups in total. The molecule has 2 aromatic rings. The molecule has 7 heteroatoms. The SMILES string of the molecule is CCN1CCN(Cc2ccccc2CNC(=O)c2cc(Cl)c(Cl)[nH]2)CC1. The lowest BCUT2D eigenvalue weighted by Crippen LogP contribution is -2.45. The van der Waals surface area contributed by atoms with Gasteiger partial charge in [0.2, 0.25) is 0 Å². The Morgan fingerprint density at radius 1 is 1.12 bits per heavy atom. The fourth-order valence-electron chi connectivity index (χ4n) is 3.19. The number of aromatic amines is 1. The molecule has 1 aliphatic heterocycles. The van der Waals surface area contributed by atoms with Crippen LogP contribution in [0.1, 0.15) is 28.5 Å². The summed E-state index contributed by atoms with van der Waals surface area (Å²) in [7, 11) is 0. The molecule has 0 spiro atoms. The first-order valence-corrected chi connectivity index (χ1v) is 9.66. The second-order valence-corrected chi connectivity index (χ2v) is 7.29. The van der Waals surface area contributed by atoms with E-state index in [0.29, 0.717) is 17.3 Å². The van der Waals surface area contributed by atoms with Gasteiger partial charge in [0.1, 0.15) is 10.8 Å². The molecule has 0 aliphatic carbocycles. The van der Waals surface area contributed by atoms with E-state index >= 15 is 0 Å². The summed E-state index contributed by atoms with van der Waals surface area (Å²) in [6.45, 7) is 9.08. The van der Waals surface area contributed by atoms with E-state index in [1.165, 1.54) is 5.56 Å². The van der Waals surface area contributed by atoms with Gasteiger partial charge in [0.25, 0.3) is 5.91 Å². The van der Waals surface area contributed by atoms with Crippen molar-refractivity contribution in [2.45, 2.75) is 20.0 Å². The van der Waals surface area contributed by atoms with E-state index in [1.807, 2.05) is 12.1 Å². The van der Waals surface area contributed by atoms with E-state index in [9.17, 15) is 4.79 Å². The van der Waals surface area contributed by atoms with Gasteiger partial charge >= 0.3 is 0 Å². The number of nitrogens with zero attached hydrogens (tertiary/aromatic N) is 2. The predicted molar refractivity (Wildman–Crippen MR) is 106 cm³/mol. The van der Waals surface area contributed by atoms with Crippen molar-refractivity contribution in [1.82, 2.24) is 20.1 Å². The molecule has 1 aromatic carbocycles. The van der Waals surface area contributed by atoms with Gasteiger partial charge in [-0.25, -0.2) is 0 Å². The highest BCUT2D eigenvalue weighted by Crippen LogP contribution is 2.22. The van der Waals surface area contributed by atoms with Crippen molar-refractivity contribution in [1.29, 1.82) is 0 Å². The van der Waals surface area contributed by atoms with Crippen LogP contribution in [0.4, 0.5) is 0 Å². The van der Waals surface area contributed by atoms with Gasteiger partial charge in [0, 0.05) is 39.3 Å². The third-order valence-corrected chi connectivity index (χ3v) is 5.53. The Bertz CT molecular complexity index is 734. The number of piperazine rings is 1. The lowest BCUT2D eigenvalue weighted by Gasteiger charge is -2.34. The van der Waals surface area contributed by atoms with Crippen molar-refractivity contribution in [3.8, 4) is 0 Å². The van der Waals surface area contributed by atoms with Crippen LogP contribution in [0.3, 0.4) is 0 Å². The molecule has 2 heterocycles. The molecule has 1 aromatic heterocycles. The molecule has 3 rings (SSSR count). The number of aromatic nitrogens is 1. The molecule has 0 saturated carbocycles. The minimum Gasteiger partial charge on any atom is -0.347 e. The minimum atomic E-state index is -0.217. The molecule has 1 fully saturated rings. The Kier molecular flexibility index (Phi) is 6.59. The Hall–Kier alpha value is -1.53. The topological polar surface area (TPSA) is 51.4 Å². The number of H-pyrrole nitrogens is 1. The molecule has 1 aliphatic rings. The Morgan fingerprint density at radius 3 is 2.38 bits per heavy atom. The van der Waals surface area contributed by atoms with E-state index in [-0.39, 0.29) is 11.1 Å². The van der Waals surface area contributed by atoms with Crippen LogP contribution >= 0.6 is 23.2 Å². The molecule has 0 bridgehead atoms. The van der Waals surface area contributed by atoms with Gasteiger partial charge in [-0.3, -0.25) is 9.69 Å². The largest absolute Gasteiger partial charge is 0.347 e. The number of nitrogens with one attached hydrogen (secondary N) is 2. The van der Waals surface area contributed by atoms with Crippen molar-refractivity contribution in [2.24, 2.45) is 0 Å². The minimum absolute atomic E-state index is 0.217. The number of halogens is 2. The maximum Gasteiger partial charge on any atom is 0.268 e. The van der Waals surface area contributed by atoms with Crippen molar-refractivity contribution >= 4 is 29.1 Å². The van der Waals surface area contributed by atoms with Gasteiger partial charge < -0.3 is 15.2 Å². The lowest BCUT2D eigenvalue weighted by molar-refractivity contribution is 0.0946. The number of hydrogen-bond acceptors (Lipinski definition) is 3. The van der Waals surface area contributed by atoms with Crippen LogP contribution in [0.25, 0.3) is 0 Å². The highest BCUT2D eigenvalue weighted by atomic mass is 35.5. The number of carbonyl (C=O) groups is 1. The van der Waals surface area contributed by atoms with E-state index < -0.39 is 0 Å². The van der Waals surface area contributed by atoms with Gasteiger partial charge in [-0.05, 0) is 23.7 Å². The zero-order valence-electron chi connectivity index (χ0n) is 14.9. The van der Waals surface area contributed by atoms with E-state index in [2.05, 4.69) is 39.2 Å². The van der Waals surface area contributed by atoms with Crippen LogP contribution < -0.4 is 5.32 Å². The Morgan fingerprint density at radius 2 is 1.77 bits per heavy atom. The van der Waals surface area contributed by atoms with Gasteiger partial charge in [-0.2, -0.15) is 0 Å². The van der Waals surface area contributed by atoms with E-state index in [0.717, 1.165) is 44.8 Å². The third kappa shape index (κ3) is 4.80. The van der Waals surface area contributed by atoms with Crippen LogP contribution in [0.2, 0.25) is 10.2 Å². The second-order valence-electron chi connectivity index (χ2n) is 6.51. The summed E-state index contributed by atoms with van der Waals surface area (Å²) in [4.78, 5) is 20.0. The summed E-state index contributed by atoms with van der Waals surface area (Å²) in [5, 5.41) is 3.57. The quantitative estimate of drug-likeness (QED) is 0.789. The summed E-state index contributed by atoms with van der Waals surface area (Å²) in [6, 6.07) is 9.79. The number of carbonyl (C=O) groups excluding carboxylic acids is 1. The van der Waals surface area contributed by atoms with Crippen LogP contribution in [0, 0.1) is 0 Å². The van der Waals surface area contributed by atoms with E-state index in [1.54, 1.807) is 6.07 Å². The number of likely N-dealkylation sites (N-methyl/N-ethyl adjacent to an activating group) is 1. The first-order chi connectivity index (χ1) is 12.6. The maximum atomic E-state index is 12.3. The van der Waals surface area contributed by atoms with Gasteiger partial charge in [0.15, 0.2) is 0 Å². The second kappa shape index (κ2) is 8.91. The van der Waals surface area contributed by atoms with Gasteiger partial charge in [0.05, 0.1) is 5.02 Å². The van der Waals surface area contributed by atoms with Crippen LogP contribution in [-0.4, -0.2) is 53.4 Å². The van der Waals surface area contributed by atoms with Crippen LogP contribution in [0.15, 0.2) is 30.3 Å². The van der Waals surface area contributed by atoms with Crippen LogP contribution in [-0.2, 0) is 13.1 Å². The Labute approximate surface area is 164 Å². The molecule has 1 saturated heterocycles. The first kappa shape index (κ1) is 19.2. The normalized spacial score (nSPS) is 16.0. The average Bonchev–Trinajstić information content (AvgIpc) is 3.00. The molecule has 0 radical (unpaired) electrons. The fourth-order valence-corrected chi connectivity index (χ4v) is 3.50. The highest BCUT2D eigenvalue weighted by Gasteiger charge is 2.17. The first-order valence-electron chi connectivity index (χ1n) is 8.90. The number of rotatable bonds is 6. The molecular formula is C19H24Cl2N4O. The van der Waals surface area contributed by atoms with Crippen molar-refractivity contribution in [2.75, 3.05) is 32.7 Å². The Balaban J connectivity index is 1.59. The molecule has 140 valence electrons. The smallest absolute Gasteiger partial charge is 0.268 e. The zero-order valence-corrected chi connectivity index (χ0v) is 16.4. The summed E-state index contributed by atoms with van der Waals surface area (Å²) < 4.78 is 0. The van der Waals surface area contributed by atoms with Gasteiger partial charge in [-0.1, -0.05) is 54.4 Å². The number of hydrogen-bond donors (Lipinski definition) is 2. The van der Waals surface area contributed by atoms with Crippen LogP contribution in [0.5, 0.6) is 0 Å². The highest BCUT2D eigenvalue weighted by molar-refractivity contribution is 6.41. The van der Waals surface area contributed by atoms with E-state index in [4.69, 9.17) is 23.2 Å². The van der Waals surface area contributed by atoms with Gasteiger partial charge in [-0.15, -0.1) is 0 Å². The molecule has 1 amide bonds. The average molecular weight is 395 g/mol. The summed E-state index contributed by atoms with van der Waals surface area (Å²) in [5.74, 6) is -0.217. The third-order valence-electron chi connectivity index (χ3n) is 4.83. The van der Waals surface area contributed by atoms with Crippen molar-refractivity contribution in [3.63, 3.8) is 0 Å². The monoisotopic (exact) mass is 394 g/mol. The lowest BCUT2D eigenvalue weighted by atomic mass is 10.1. The standard InChI is InChI=1S/C19H24Cl2N4O/c1-2-24-7-9-25(10-8-24)13-15-6-4-3-5-14(15)12-22-19(26)17-11-16(20)18(21)23-17/h3-6,11,23H,2,7-10,12-13H2,1H3,(H,22,26). The predicted octanol–water partition coefficient (Wildman–Crippen LogP) is 3.39. The van der Waals surface area contributed by atoms with Crippen molar-refractivity contribution in [3.05, 3.63) is 57.3 Å². The molecule has 0 unspecified atom stereocenters. The fraction of sp³-hybridized carbons (Fsp3) is 0.421. The maximum absolute atomic E-state index is 12.3. The molecule has 5 nitrogen and oxygen atoms in total. The molecule has 0 atom stereocenters. The van der Waals surface area contributed by atoms with Crippen molar-refractivity contribution < 1.29 is 4.79 Å². The summed E-state index contributed by atoms with van der Waals surface area (Å²) in [5.41, 5.74) is 2.75. The summed E-state index contributed by atoms with van der Waals surface area (Å²) >= 11 is 11.8. The summed E-state index contributed by atoms with van der Waals surface area (Å²) in [6.07, 6.45) is 0. The number of benzene rings is 1. The zero-order chi connectivity index (χ0) is 18.5.